The molecule has 0 aliphatic rings. The SMILES string of the molecule is CC(OC(=O)Nc1occc1-c1ccc(-c2ccc(CC(=O)O)cc2)cc1)c1ccccc1. The first kappa shape index (κ1) is 21.9. The van der Waals surface area contributed by atoms with Crippen molar-refractivity contribution in [3.05, 3.63) is 102 Å². The van der Waals surface area contributed by atoms with E-state index in [1.54, 1.807) is 6.07 Å². The molecular weight excluding hydrogens is 418 g/mol. The highest BCUT2D eigenvalue weighted by Gasteiger charge is 2.16. The third-order valence-electron chi connectivity index (χ3n) is 5.27. The monoisotopic (exact) mass is 441 g/mol. The predicted molar refractivity (Wildman–Crippen MR) is 126 cm³/mol. The van der Waals surface area contributed by atoms with Gasteiger partial charge in [0.05, 0.1) is 12.7 Å². The average molecular weight is 441 g/mol. The van der Waals surface area contributed by atoms with Crippen LogP contribution in [0.2, 0.25) is 0 Å². The van der Waals surface area contributed by atoms with Crippen molar-refractivity contribution in [2.24, 2.45) is 0 Å². The molecule has 3 aromatic carbocycles. The second kappa shape index (κ2) is 9.87. The highest BCUT2D eigenvalue weighted by molar-refractivity contribution is 5.89. The summed E-state index contributed by atoms with van der Waals surface area (Å²) in [5.74, 6) is -0.541. The van der Waals surface area contributed by atoms with Crippen molar-refractivity contribution in [3.8, 4) is 22.3 Å². The summed E-state index contributed by atoms with van der Waals surface area (Å²) in [4.78, 5) is 23.2. The molecule has 33 heavy (non-hydrogen) atoms. The first-order chi connectivity index (χ1) is 16.0. The number of carbonyl (C=O) groups excluding carboxylic acids is 1. The average Bonchev–Trinajstić information content (AvgIpc) is 3.28. The van der Waals surface area contributed by atoms with Gasteiger partial charge in [-0.05, 0) is 40.8 Å². The lowest BCUT2D eigenvalue weighted by Crippen LogP contribution is -2.16. The summed E-state index contributed by atoms with van der Waals surface area (Å²) >= 11 is 0. The zero-order valence-electron chi connectivity index (χ0n) is 18.0. The van der Waals surface area contributed by atoms with Gasteiger partial charge in [-0.25, -0.2) is 4.79 Å². The van der Waals surface area contributed by atoms with Crippen molar-refractivity contribution in [2.45, 2.75) is 19.4 Å². The number of carbonyl (C=O) groups is 2. The normalized spacial score (nSPS) is 11.5. The molecular formula is C27H23NO5. The second-order valence-electron chi connectivity index (χ2n) is 7.59. The summed E-state index contributed by atoms with van der Waals surface area (Å²) in [5, 5.41) is 11.6. The van der Waals surface area contributed by atoms with Crippen molar-refractivity contribution in [2.75, 3.05) is 5.32 Å². The number of hydrogen-bond acceptors (Lipinski definition) is 4. The number of furan rings is 1. The van der Waals surface area contributed by atoms with Gasteiger partial charge in [-0.3, -0.25) is 10.1 Å². The van der Waals surface area contributed by atoms with Crippen LogP contribution in [0, 0.1) is 0 Å². The van der Waals surface area contributed by atoms with Crippen LogP contribution in [0.5, 0.6) is 0 Å². The zero-order valence-corrected chi connectivity index (χ0v) is 18.0. The van der Waals surface area contributed by atoms with E-state index < -0.39 is 18.2 Å². The Bertz CT molecular complexity index is 1230. The fraction of sp³-hybridized carbons (Fsp3) is 0.111. The number of ether oxygens (including phenoxy) is 1. The maximum absolute atomic E-state index is 12.4. The van der Waals surface area contributed by atoms with Gasteiger partial charge in [0.1, 0.15) is 6.10 Å². The van der Waals surface area contributed by atoms with E-state index in [0.29, 0.717) is 5.88 Å². The fourth-order valence-corrected chi connectivity index (χ4v) is 3.54. The molecule has 0 aliphatic carbocycles. The number of anilines is 1. The minimum atomic E-state index is -0.852. The largest absolute Gasteiger partial charge is 0.481 e. The summed E-state index contributed by atoms with van der Waals surface area (Å²) in [6.07, 6.45) is 0.523. The number of carboxylic acid groups (broad SMARTS) is 1. The minimum absolute atomic E-state index is 0.00203. The molecule has 1 aromatic heterocycles. The number of hydrogen-bond donors (Lipinski definition) is 2. The molecule has 0 saturated carbocycles. The van der Waals surface area contributed by atoms with E-state index in [0.717, 1.165) is 33.4 Å². The van der Waals surface area contributed by atoms with Crippen LogP contribution in [-0.2, 0) is 16.0 Å². The Morgan fingerprint density at radius 1 is 0.879 bits per heavy atom. The van der Waals surface area contributed by atoms with Crippen molar-refractivity contribution in [1.29, 1.82) is 0 Å². The number of aliphatic carboxylic acids is 1. The van der Waals surface area contributed by atoms with E-state index in [2.05, 4.69) is 5.32 Å². The number of carboxylic acids is 1. The minimum Gasteiger partial charge on any atom is -0.481 e. The van der Waals surface area contributed by atoms with Gasteiger partial charge >= 0.3 is 12.1 Å². The fourth-order valence-electron chi connectivity index (χ4n) is 3.54. The molecule has 1 unspecified atom stereocenters. The van der Waals surface area contributed by atoms with Gasteiger partial charge in [0.15, 0.2) is 0 Å². The molecule has 0 saturated heterocycles. The quantitative estimate of drug-likeness (QED) is 0.339. The van der Waals surface area contributed by atoms with Gasteiger partial charge in [0, 0.05) is 5.56 Å². The standard InChI is InChI=1S/C27H23NO5/c1-18(20-5-3-2-4-6-20)33-27(31)28-26-24(15-16-32-26)23-13-11-22(12-14-23)21-9-7-19(8-10-21)17-25(29)30/h2-16,18H,17H2,1H3,(H,28,31)(H,29,30). The van der Waals surface area contributed by atoms with Gasteiger partial charge in [-0.2, -0.15) is 0 Å². The van der Waals surface area contributed by atoms with E-state index in [1.165, 1.54) is 6.26 Å². The van der Waals surface area contributed by atoms with Crippen LogP contribution < -0.4 is 5.32 Å². The Hall–Kier alpha value is -4.32. The van der Waals surface area contributed by atoms with Gasteiger partial charge in [0.25, 0.3) is 0 Å². The Morgan fingerprint density at radius 2 is 1.48 bits per heavy atom. The topological polar surface area (TPSA) is 88.8 Å². The second-order valence-corrected chi connectivity index (χ2v) is 7.59. The molecule has 6 heteroatoms. The Kier molecular flexibility index (Phi) is 6.55. The predicted octanol–water partition coefficient (Wildman–Crippen LogP) is 6.55. The van der Waals surface area contributed by atoms with E-state index >= 15 is 0 Å². The van der Waals surface area contributed by atoms with Gasteiger partial charge in [-0.15, -0.1) is 0 Å². The lowest BCUT2D eigenvalue weighted by Gasteiger charge is -2.14. The number of nitrogens with one attached hydrogen (secondary N) is 1. The van der Waals surface area contributed by atoms with E-state index in [4.69, 9.17) is 14.3 Å². The molecule has 0 fully saturated rings. The maximum Gasteiger partial charge on any atom is 0.414 e. The molecule has 1 atom stereocenters. The molecule has 6 nitrogen and oxygen atoms in total. The molecule has 0 spiro atoms. The summed E-state index contributed by atoms with van der Waals surface area (Å²) in [7, 11) is 0. The van der Waals surface area contributed by atoms with Crippen molar-refractivity contribution >= 4 is 17.9 Å². The molecule has 4 rings (SSSR count). The third kappa shape index (κ3) is 5.49. The van der Waals surface area contributed by atoms with Crippen LogP contribution in [0.3, 0.4) is 0 Å². The smallest absolute Gasteiger partial charge is 0.414 e. The molecule has 2 N–H and O–H groups in total. The Balaban J connectivity index is 1.44. The molecule has 1 heterocycles. The molecule has 0 radical (unpaired) electrons. The van der Waals surface area contributed by atoms with Crippen LogP contribution in [0.1, 0.15) is 24.2 Å². The highest BCUT2D eigenvalue weighted by Crippen LogP contribution is 2.31. The Labute approximate surface area is 191 Å². The number of benzene rings is 3. The molecule has 0 aliphatic heterocycles. The lowest BCUT2D eigenvalue weighted by molar-refractivity contribution is -0.136. The van der Waals surface area contributed by atoms with Crippen LogP contribution >= 0.6 is 0 Å². The number of amides is 1. The van der Waals surface area contributed by atoms with E-state index in [-0.39, 0.29) is 6.42 Å². The molecule has 4 aromatic rings. The summed E-state index contributed by atoms with van der Waals surface area (Å²) in [6, 6.07) is 26.5. The van der Waals surface area contributed by atoms with Crippen LogP contribution in [0.4, 0.5) is 10.7 Å². The van der Waals surface area contributed by atoms with Crippen molar-refractivity contribution < 1.29 is 23.8 Å². The molecule has 0 bridgehead atoms. The zero-order chi connectivity index (χ0) is 23.2. The Morgan fingerprint density at radius 3 is 2.12 bits per heavy atom. The van der Waals surface area contributed by atoms with Crippen LogP contribution in [-0.4, -0.2) is 17.2 Å². The summed E-state index contributed by atoms with van der Waals surface area (Å²) in [5.41, 5.74) is 5.25. The van der Waals surface area contributed by atoms with Gasteiger partial charge in [0.2, 0.25) is 5.88 Å². The van der Waals surface area contributed by atoms with E-state index in [1.807, 2.05) is 85.8 Å². The van der Waals surface area contributed by atoms with E-state index in [9.17, 15) is 9.59 Å². The highest BCUT2D eigenvalue weighted by atomic mass is 16.6. The van der Waals surface area contributed by atoms with Gasteiger partial charge in [-0.1, -0.05) is 78.9 Å². The lowest BCUT2D eigenvalue weighted by atomic mass is 10.00. The molecule has 1 amide bonds. The maximum atomic E-state index is 12.4. The summed E-state index contributed by atoms with van der Waals surface area (Å²) < 4.78 is 10.9. The van der Waals surface area contributed by atoms with Crippen LogP contribution in [0.25, 0.3) is 22.3 Å². The first-order valence-corrected chi connectivity index (χ1v) is 10.5. The van der Waals surface area contributed by atoms with Crippen molar-refractivity contribution in [3.63, 3.8) is 0 Å². The van der Waals surface area contributed by atoms with Gasteiger partial charge < -0.3 is 14.3 Å². The van der Waals surface area contributed by atoms with Crippen molar-refractivity contribution in [1.82, 2.24) is 0 Å². The third-order valence-corrected chi connectivity index (χ3v) is 5.27. The van der Waals surface area contributed by atoms with Crippen LogP contribution in [0.15, 0.2) is 95.6 Å². The number of rotatable bonds is 7. The first-order valence-electron chi connectivity index (χ1n) is 10.5. The summed E-state index contributed by atoms with van der Waals surface area (Å²) in [6.45, 7) is 1.81. The molecule has 166 valence electrons.